The number of aromatic nitrogens is 2. The monoisotopic (exact) mass is 219 g/mol. The van der Waals surface area contributed by atoms with Crippen molar-refractivity contribution in [3.8, 4) is 0 Å². The summed E-state index contributed by atoms with van der Waals surface area (Å²) in [7, 11) is 0. The van der Waals surface area contributed by atoms with Gasteiger partial charge in [-0.3, -0.25) is 0 Å². The van der Waals surface area contributed by atoms with E-state index < -0.39 is 0 Å². The third-order valence-corrected chi connectivity index (χ3v) is 4.16. The molecule has 0 amide bonds. The van der Waals surface area contributed by atoms with Gasteiger partial charge >= 0.3 is 0 Å². The van der Waals surface area contributed by atoms with Crippen LogP contribution in [0.2, 0.25) is 0 Å². The van der Waals surface area contributed by atoms with E-state index in [9.17, 15) is 0 Å². The van der Waals surface area contributed by atoms with E-state index >= 15 is 0 Å². The van der Waals surface area contributed by atoms with Gasteiger partial charge in [-0.1, -0.05) is 6.42 Å². The Bertz CT molecular complexity index is 359. The van der Waals surface area contributed by atoms with E-state index in [4.69, 9.17) is 4.98 Å². The second kappa shape index (κ2) is 4.21. The third kappa shape index (κ3) is 1.77. The molecule has 0 unspecified atom stereocenters. The van der Waals surface area contributed by atoms with Gasteiger partial charge in [-0.2, -0.15) is 0 Å². The molecule has 0 bridgehead atoms. The number of nitrogens with one attached hydrogen (secondary N) is 2. The number of aryl methyl sites for hydroxylation is 1. The van der Waals surface area contributed by atoms with Crippen molar-refractivity contribution in [1.29, 1.82) is 0 Å². The molecule has 1 aliphatic heterocycles. The first-order valence-corrected chi connectivity index (χ1v) is 6.61. The summed E-state index contributed by atoms with van der Waals surface area (Å²) >= 11 is 0. The standard InChI is InChI=1S/C13H21N3/c1-9-12(10-5-7-14-8-6-10)16-13(15-9)11-3-2-4-11/h10-11,14H,2-8H2,1H3,(H,15,16). The van der Waals surface area contributed by atoms with E-state index in [1.54, 1.807) is 0 Å². The van der Waals surface area contributed by atoms with Gasteiger partial charge in [0.05, 0.1) is 5.69 Å². The molecule has 2 heterocycles. The first-order valence-electron chi connectivity index (χ1n) is 6.61. The highest BCUT2D eigenvalue weighted by Crippen LogP contribution is 2.36. The minimum absolute atomic E-state index is 0.686. The zero-order valence-electron chi connectivity index (χ0n) is 10.1. The normalized spacial score (nSPS) is 23.3. The van der Waals surface area contributed by atoms with E-state index in [0.29, 0.717) is 5.92 Å². The molecular formula is C13H21N3. The summed E-state index contributed by atoms with van der Waals surface area (Å²) in [5.74, 6) is 2.68. The predicted octanol–water partition coefficient (Wildman–Crippen LogP) is 2.45. The van der Waals surface area contributed by atoms with Gasteiger partial charge in [0.2, 0.25) is 0 Å². The molecule has 0 spiro atoms. The molecule has 2 fully saturated rings. The fraction of sp³-hybridized carbons (Fsp3) is 0.769. The number of rotatable bonds is 2. The molecule has 0 atom stereocenters. The second-order valence-corrected chi connectivity index (χ2v) is 5.28. The van der Waals surface area contributed by atoms with Crippen molar-refractivity contribution >= 4 is 0 Å². The smallest absolute Gasteiger partial charge is 0.109 e. The number of hydrogen-bond donors (Lipinski definition) is 2. The largest absolute Gasteiger partial charge is 0.346 e. The summed E-state index contributed by atoms with van der Waals surface area (Å²) in [5, 5.41) is 3.42. The van der Waals surface area contributed by atoms with Crippen LogP contribution >= 0.6 is 0 Å². The predicted molar refractivity (Wildman–Crippen MR) is 64.8 cm³/mol. The zero-order valence-corrected chi connectivity index (χ0v) is 10.1. The van der Waals surface area contributed by atoms with Crippen molar-refractivity contribution in [3.05, 3.63) is 17.2 Å². The Balaban J connectivity index is 1.79. The van der Waals surface area contributed by atoms with Crippen LogP contribution in [0.3, 0.4) is 0 Å². The highest BCUT2D eigenvalue weighted by Gasteiger charge is 2.26. The number of piperidine rings is 1. The van der Waals surface area contributed by atoms with Crippen molar-refractivity contribution in [3.63, 3.8) is 0 Å². The summed E-state index contributed by atoms with van der Waals surface area (Å²) in [4.78, 5) is 8.38. The van der Waals surface area contributed by atoms with Crippen LogP contribution in [-0.2, 0) is 0 Å². The summed E-state index contributed by atoms with van der Waals surface area (Å²) in [6.07, 6.45) is 6.54. The molecule has 1 aromatic rings. The zero-order chi connectivity index (χ0) is 11.0. The molecule has 3 nitrogen and oxygen atoms in total. The average Bonchev–Trinajstić information content (AvgIpc) is 2.59. The van der Waals surface area contributed by atoms with Gasteiger partial charge in [0, 0.05) is 17.5 Å². The number of imidazole rings is 1. The minimum atomic E-state index is 0.686. The highest BCUT2D eigenvalue weighted by molar-refractivity contribution is 5.21. The number of aromatic amines is 1. The Morgan fingerprint density at radius 2 is 1.81 bits per heavy atom. The lowest BCUT2D eigenvalue weighted by atomic mass is 9.85. The van der Waals surface area contributed by atoms with E-state index in [2.05, 4.69) is 17.2 Å². The lowest BCUT2D eigenvalue weighted by molar-refractivity contribution is 0.401. The Kier molecular flexibility index (Phi) is 2.72. The lowest BCUT2D eigenvalue weighted by Gasteiger charge is -2.23. The Labute approximate surface area is 97.0 Å². The van der Waals surface area contributed by atoms with Crippen molar-refractivity contribution in [2.24, 2.45) is 0 Å². The summed E-state index contributed by atoms with van der Waals surface area (Å²) < 4.78 is 0. The Morgan fingerprint density at radius 3 is 2.44 bits per heavy atom. The van der Waals surface area contributed by atoms with Crippen molar-refractivity contribution in [2.75, 3.05) is 13.1 Å². The summed E-state index contributed by atoms with van der Waals surface area (Å²) in [6.45, 7) is 4.48. The number of H-pyrrole nitrogens is 1. The molecule has 0 radical (unpaired) electrons. The molecular weight excluding hydrogens is 198 g/mol. The van der Waals surface area contributed by atoms with Crippen LogP contribution in [0.15, 0.2) is 0 Å². The number of hydrogen-bond acceptors (Lipinski definition) is 2. The van der Waals surface area contributed by atoms with Crippen LogP contribution in [0.25, 0.3) is 0 Å². The Morgan fingerprint density at radius 1 is 1.06 bits per heavy atom. The van der Waals surface area contributed by atoms with Crippen LogP contribution in [0.1, 0.15) is 61.2 Å². The molecule has 1 aliphatic carbocycles. The first-order chi connectivity index (χ1) is 7.84. The SMILES string of the molecule is Cc1[nH]c(C2CCC2)nc1C1CCNCC1. The van der Waals surface area contributed by atoms with Crippen LogP contribution in [0.5, 0.6) is 0 Å². The second-order valence-electron chi connectivity index (χ2n) is 5.28. The van der Waals surface area contributed by atoms with Crippen LogP contribution in [-0.4, -0.2) is 23.1 Å². The van der Waals surface area contributed by atoms with Gasteiger partial charge in [-0.25, -0.2) is 4.98 Å². The van der Waals surface area contributed by atoms with Crippen molar-refractivity contribution in [1.82, 2.24) is 15.3 Å². The molecule has 88 valence electrons. The summed E-state index contributed by atoms with van der Waals surface area (Å²) in [5.41, 5.74) is 2.66. The van der Waals surface area contributed by atoms with Crippen molar-refractivity contribution in [2.45, 2.75) is 50.9 Å². The van der Waals surface area contributed by atoms with Gasteiger partial charge in [0.15, 0.2) is 0 Å². The quantitative estimate of drug-likeness (QED) is 0.802. The molecule has 2 N–H and O–H groups in total. The molecule has 0 aromatic carbocycles. The molecule has 3 rings (SSSR count). The van der Waals surface area contributed by atoms with E-state index in [-0.39, 0.29) is 0 Å². The van der Waals surface area contributed by atoms with Gasteiger partial charge in [-0.05, 0) is 45.7 Å². The Hall–Kier alpha value is -0.830. The fourth-order valence-corrected chi connectivity index (χ4v) is 2.87. The maximum Gasteiger partial charge on any atom is 0.109 e. The molecule has 16 heavy (non-hydrogen) atoms. The average molecular weight is 219 g/mol. The number of nitrogens with zero attached hydrogens (tertiary/aromatic N) is 1. The molecule has 1 aromatic heterocycles. The van der Waals surface area contributed by atoms with Gasteiger partial charge in [0.1, 0.15) is 5.82 Å². The topological polar surface area (TPSA) is 40.7 Å². The maximum atomic E-state index is 4.87. The highest BCUT2D eigenvalue weighted by atomic mass is 15.0. The van der Waals surface area contributed by atoms with Crippen molar-refractivity contribution < 1.29 is 0 Å². The minimum Gasteiger partial charge on any atom is -0.346 e. The summed E-state index contributed by atoms with van der Waals surface area (Å²) in [6, 6.07) is 0. The molecule has 1 saturated carbocycles. The maximum absolute atomic E-state index is 4.87. The van der Waals surface area contributed by atoms with Gasteiger partial charge < -0.3 is 10.3 Å². The fourth-order valence-electron chi connectivity index (χ4n) is 2.87. The van der Waals surface area contributed by atoms with Crippen LogP contribution in [0.4, 0.5) is 0 Å². The van der Waals surface area contributed by atoms with Crippen LogP contribution in [0, 0.1) is 6.92 Å². The van der Waals surface area contributed by atoms with Crippen LogP contribution < -0.4 is 5.32 Å². The van der Waals surface area contributed by atoms with E-state index in [1.807, 2.05) is 0 Å². The molecule has 3 heteroatoms. The van der Waals surface area contributed by atoms with Gasteiger partial charge in [0.25, 0.3) is 0 Å². The molecule has 2 aliphatic rings. The lowest BCUT2D eigenvalue weighted by Crippen LogP contribution is -2.27. The van der Waals surface area contributed by atoms with E-state index in [0.717, 1.165) is 19.0 Å². The van der Waals surface area contributed by atoms with Gasteiger partial charge in [-0.15, -0.1) is 0 Å². The van der Waals surface area contributed by atoms with E-state index in [1.165, 1.54) is 49.3 Å². The third-order valence-electron chi connectivity index (χ3n) is 4.16. The first kappa shape index (κ1) is 10.3. The molecule has 1 saturated heterocycles.